The summed E-state index contributed by atoms with van der Waals surface area (Å²) in [4.78, 5) is 56.4. The third-order valence-electron chi connectivity index (χ3n) is 16.7. The Morgan fingerprint density at radius 2 is 1.58 bits per heavy atom. The number of amides is 3. The van der Waals surface area contributed by atoms with E-state index in [4.69, 9.17) is 24.2 Å². The number of aliphatic hydroxyl groups excluding tert-OH is 1. The molecule has 6 atom stereocenters. The van der Waals surface area contributed by atoms with Crippen molar-refractivity contribution in [1.29, 1.82) is 0 Å². The number of nitrogens with zero attached hydrogens (tertiary/aromatic N) is 5. The molecule has 0 spiro atoms. The Bertz CT molecular complexity index is 3550. The molecule has 5 N–H and O–H groups in total. The molecule has 12 rings (SSSR count). The van der Waals surface area contributed by atoms with Crippen molar-refractivity contribution in [3.63, 3.8) is 0 Å². The van der Waals surface area contributed by atoms with Crippen LogP contribution in [0.3, 0.4) is 0 Å². The number of halogens is 4. The number of H-pyrrole nitrogens is 1. The molecule has 0 radical (unpaired) electrons. The summed E-state index contributed by atoms with van der Waals surface area (Å²) in [5.74, 6) is -4.16. The van der Waals surface area contributed by atoms with Gasteiger partial charge in [-0.2, -0.15) is 15.1 Å². The third-order valence-corrected chi connectivity index (χ3v) is 16.7. The van der Waals surface area contributed by atoms with Crippen LogP contribution in [0.5, 0.6) is 11.8 Å². The van der Waals surface area contributed by atoms with Gasteiger partial charge in [0.25, 0.3) is 5.91 Å². The lowest BCUT2D eigenvalue weighted by Gasteiger charge is -2.31. The zero-order chi connectivity index (χ0) is 56.4. The first-order chi connectivity index (χ1) is 39.1. The van der Waals surface area contributed by atoms with Crippen LogP contribution in [-0.4, -0.2) is 117 Å². The second kappa shape index (κ2) is 22.0. The van der Waals surface area contributed by atoms with Gasteiger partial charge in [0, 0.05) is 90.6 Å². The Morgan fingerprint density at radius 1 is 0.840 bits per heavy atom. The smallest absolute Gasteiger partial charge is 0.319 e. The second-order valence-corrected chi connectivity index (χ2v) is 22.6. The maximum absolute atomic E-state index is 16.1. The number of nitrogens with one attached hydrogen (secondary N) is 4. The molecule has 1 saturated carbocycles. The fourth-order valence-electron chi connectivity index (χ4n) is 12.1. The van der Waals surface area contributed by atoms with Gasteiger partial charge in [-0.3, -0.25) is 19.5 Å². The van der Waals surface area contributed by atoms with E-state index in [1.807, 2.05) is 0 Å². The maximum atomic E-state index is 16.1. The highest BCUT2D eigenvalue weighted by molar-refractivity contribution is 6.06. The summed E-state index contributed by atoms with van der Waals surface area (Å²) < 4.78 is 78.0. The van der Waals surface area contributed by atoms with Gasteiger partial charge in [-0.15, -0.1) is 0 Å². The third kappa shape index (κ3) is 10.6. The maximum Gasteiger partial charge on any atom is 0.319 e. The quantitative estimate of drug-likeness (QED) is 0.0578. The van der Waals surface area contributed by atoms with Crippen LogP contribution in [0, 0.1) is 36.1 Å². The summed E-state index contributed by atoms with van der Waals surface area (Å²) in [5.41, 5.74) is 5.27. The van der Waals surface area contributed by atoms with Crippen LogP contribution < -0.4 is 30.3 Å². The highest BCUT2D eigenvalue weighted by Crippen LogP contribution is 2.53. The standard InChI is InChI=1S/C61H63F4N9O7/c1-30(2)54(60(78)74-28-41(75)22-50(74)59(77)68-32(4)34-9-13-36(14-10-34)52-47(64)19-38(62)20-48(52)65)69-58(76)37-7-5-33(6-8-37)29-80-56-53(51-31(3)46(63)24-49-45(51)26-67-72-49)43(35-11-12-35)23-44-55(56)70-61(81-42-15-17-79-18-16-42)71-57(44)73-27-39-21-40(73)25-66-39/h5-10,13-14,19-20,23-24,26,30,32,35,39-42,50,54,66,75H,11-12,15-18,21-22,25,27-29H2,1-4H3,(H,67,72)(H,68,77)(H,69,76)/t32-,39-,40-,41+,50-,54-/m0/s1. The molecule has 20 heteroatoms. The van der Waals surface area contributed by atoms with Crippen LogP contribution in [0.15, 0.2) is 79.0 Å². The Labute approximate surface area is 464 Å². The molecule has 6 heterocycles. The largest absolute Gasteiger partial charge is 0.486 e. The first-order valence-electron chi connectivity index (χ1n) is 27.9. The molecule has 4 saturated heterocycles. The molecule has 4 aliphatic heterocycles. The summed E-state index contributed by atoms with van der Waals surface area (Å²) in [6.07, 6.45) is 4.77. The van der Waals surface area contributed by atoms with E-state index < -0.39 is 71.1 Å². The summed E-state index contributed by atoms with van der Waals surface area (Å²) in [5, 5.41) is 29.1. The molecule has 1 aliphatic carbocycles. The van der Waals surface area contributed by atoms with Crippen LogP contribution in [0.4, 0.5) is 23.4 Å². The van der Waals surface area contributed by atoms with Crippen molar-refractivity contribution in [3.8, 4) is 34.0 Å². The van der Waals surface area contributed by atoms with Gasteiger partial charge in [0.2, 0.25) is 11.8 Å². The zero-order valence-corrected chi connectivity index (χ0v) is 45.3. The molecule has 0 unspecified atom stereocenters. The van der Waals surface area contributed by atoms with E-state index in [0.29, 0.717) is 83.3 Å². The molecule has 16 nitrogen and oxygen atoms in total. The van der Waals surface area contributed by atoms with E-state index in [1.54, 1.807) is 70.3 Å². The highest BCUT2D eigenvalue weighted by Gasteiger charge is 2.44. The summed E-state index contributed by atoms with van der Waals surface area (Å²) in [6, 6.07) is 15.8. The lowest BCUT2D eigenvalue weighted by Crippen LogP contribution is -2.55. The van der Waals surface area contributed by atoms with Crippen molar-refractivity contribution in [2.75, 3.05) is 37.7 Å². The van der Waals surface area contributed by atoms with Gasteiger partial charge in [-0.1, -0.05) is 50.2 Å². The van der Waals surface area contributed by atoms with Gasteiger partial charge in [-0.05, 0) is 97.0 Å². The number of β-amino-alcohol motifs (C(OH)–C–C–N with tert-alkyl or cyclic N) is 1. The van der Waals surface area contributed by atoms with E-state index in [1.165, 1.54) is 23.1 Å². The number of piperazine rings is 1. The number of aliphatic hydroxyl groups is 1. The molecule has 5 fully saturated rings. The number of ether oxygens (including phenoxy) is 3. The molecule has 81 heavy (non-hydrogen) atoms. The Kier molecular flexibility index (Phi) is 14.6. The minimum atomic E-state index is -1.07. The average molecular weight is 1110 g/mol. The fourth-order valence-corrected chi connectivity index (χ4v) is 12.1. The highest BCUT2D eigenvalue weighted by atomic mass is 19.1. The number of hydrogen-bond donors (Lipinski definition) is 5. The first-order valence-corrected chi connectivity index (χ1v) is 27.9. The normalized spacial score (nSPS) is 20.8. The van der Waals surface area contributed by atoms with Crippen LogP contribution in [0.25, 0.3) is 44.1 Å². The zero-order valence-electron chi connectivity index (χ0n) is 45.3. The van der Waals surface area contributed by atoms with Crippen molar-refractivity contribution in [2.45, 2.75) is 121 Å². The Hall–Kier alpha value is -7.68. The average Bonchev–Trinajstić information content (AvgIpc) is 3.74. The number of carbonyl (C=O) groups is 3. The predicted octanol–water partition coefficient (Wildman–Crippen LogP) is 8.86. The number of anilines is 1. The number of fused-ring (bicyclic) bond motifs is 4. The van der Waals surface area contributed by atoms with E-state index >= 15 is 4.39 Å². The Balaban J connectivity index is 0.801. The number of aromatic amines is 1. The van der Waals surface area contributed by atoms with Crippen molar-refractivity contribution in [3.05, 3.63) is 130 Å². The summed E-state index contributed by atoms with van der Waals surface area (Å²) >= 11 is 0. The molecule has 2 aromatic heterocycles. The molecular formula is C61H63F4N9O7. The minimum Gasteiger partial charge on any atom is -0.486 e. The van der Waals surface area contributed by atoms with Crippen LogP contribution in [0.2, 0.25) is 0 Å². The van der Waals surface area contributed by atoms with E-state index in [0.717, 1.165) is 60.1 Å². The number of carbonyl (C=O) groups excluding carboxylic acids is 3. The summed E-state index contributed by atoms with van der Waals surface area (Å²) in [6.45, 7) is 9.65. The van der Waals surface area contributed by atoms with Crippen molar-refractivity contribution < 1.29 is 51.3 Å². The van der Waals surface area contributed by atoms with Gasteiger partial charge in [0.15, 0.2) is 5.75 Å². The van der Waals surface area contributed by atoms with E-state index in [9.17, 15) is 32.7 Å². The fraction of sp³-hybridized carbons (Fsp3) is 0.410. The second-order valence-electron chi connectivity index (χ2n) is 22.6. The molecule has 3 amide bonds. The van der Waals surface area contributed by atoms with Gasteiger partial charge >= 0.3 is 6.01 Å². The monoisotopic (exact) mass is 1110 g/mol. The number of likely N-dealkylation sites (tertiary alicyclic amines) is 1. The van der Waals surface area contributed by atoms with Gasteiger partial charge in [-0.25, -0.2) is 17.6 Å². The van der Waals surface area contributed by atoms with Crippen molar-refractivity contribution in [1.82, 2.24) is 41.0 Å². The molecule has 2 bridgehead atoms. The minimum absolute atomic E-state index is 0.0303. The molecule has 7 aromatic rings. The van der Waals surface area contributed by atoms with Gasteiger partial charge in [0.1, 0.15) is 59.4 Å². The number of rotatable bonds is 16. The van der Waals surface area contributed by atoms with Crippen LogP contribution in [-0.2, 0) is 20.9 Å². The number of aromatic nitrogens is 4. The molecule has 5 aromatic carbocycles. The number of benzene rings is 5. The predicted molar refractivity (Wildman–Crippen MR) is 295 cm³/mol. The first kappa shape index (κ1) is 53.9. The van der Waals surface area contributed by atoms with Gasteiger partial charge in [0.05, 0.1) is 42.6 Å². The lowest BCUT2D eigenvalue weighted by atomic mass is 9.88. The van der Waals surface area contributed by atoms with E-state index in [-0.39, 0.29) is 60.3 Å². The molecule has 5 aliphatic rings. The van der Waals surface area contributed by atoms with Crippen molar-refractivity contribution in [2.24, 2.45) is 5.92 Å². The van der Waals surface area contributed by atoms with Crippen LogP contribution in [0.1, 0.15) is 104 Å². The topological polar surface area (TPSA) is 196 Å². The van der Waals surface area contributed by atoms with Gasteiger partial charge < -0.3 is 45.1 Å². The summed E-state index contributed by atoms with van der Waals surface area (Å²) in [7, 11) is 0. The number of hydrogen-bond acceptors (Lipinski definition) is 12. The lowest BCUT2D eigenvalue weighted by molar-refractivity contribution is -0.141. The Morgan fingerprint density at radius 3 is 2.26 bits per heavy atom. The molecule has 422 valence electrons. The van der Waals surface area contributed by atoms with Crippen LogP contribution >= 0.6 is 0 Å². The SMILES string of the molecule is Cc1c(F)cc2[nH]ncc2c1-c1c(C2CC2)cc2c(N3C[C@@H]4C[C@H]3CN4)nc(OC3CCOCC3)nc2c1OCc1ccc(C(=O)N[C@H](C(=O)N2C[C@H](O)C[C@H]2C(=O)N[C@@H](C)c2ccc(-c3c(F)cc(F)cc3F)cc2)C(C)C)cc1. The van der Waals surface area contributed by atoms with Crippen molar-refractivity contribution >= 4 is 45.3 Å². The molecular weight excluding hydrogens is 1050 g/mol. The van der Waals surface area contributed by atoms with E-state index in [2.05, 4.69) is 37.1 Å².